The maximum atomic E-state index is 12.8. The van der Waals surface area contributed by atoms with Gasteiger partial charge in [0.2, 0.25) is 0 Å². The van der Waals surface area contributed by atoms with Gasteiger partial charge in [-0.3, -0.25) is 9.52 Å². The molecule has 0 saturated carbocycles. The number of amides is 1. The van der Waals surface area contributed by atoms with Gasteiger partial charge in [-0.1, -0.05) is 24.3 Å². The number of esters is 1. The third-order valence-corrected chi connectivity index (χ3v) is 7.70. The molecule has 2 heterocycles. The van der Waals surface area contributed by atoms with Crippen molar-refractivity contribution < 1.29 is 22.7 Å². The largest absolute Gasteiger partial charge is 0.449 e. The molecule has 1 aromatic heterocycles. The topological polar surface area (TPSA) is 92.8 Å². The first-order valence-corrected chi connectivity index (χ1v) is 12.0. The molecule has 31 heavy (non-hydrogen) atoms. The fourth-order valence-corrected chi connectivity index (χ4v) is 5.41. The first kappa shape index (κ1) is 21.1. The van der Waals surface area contributed by atoms with Crippen molar-refractivity contribution in [3.63, 3.8) is 0 Å². The molecule has 2 aromatic carbocycles. The molecule has 1 N–H and O–H groups in total. The molecule has 0 aliphatic carbocycles. The van der Waals surface area contributed by atoms with Crippen LogP contribution in [0.4, 0.5) is 11.4 Å². The van der Waals surface area contributed by atoms with E-state index in [1.165, 1.54) is 30.3 Å². The van der Waals surface area contributed by atoms with Gasteiger partial charge in [0, 0.05) is 17.9 Å². The minimum absolute atomic E-state index is 0.201. The average Bonchev–Trinajstić information content (AvgIpc) is 3.44. The van der Waals surface area contributed by atoms with Crippen LogP contribution in [0.25, 0.3) is 0 Å². The van der Waals surface area contributed by atoms with Crippen LogP contribution < -0.4 is 9.62 Å². The number of carbonyl (C=O) groups excluding carboxylic acids is 2. The SMILES string of the molecule is C[C@@H](OC(=O)c1ccc(NS(=O)(=O)c2cccs2)cc1)C(=O)N1CCc2ccccc21. The Kier molecular flexibility index (Phi) is 5.79. The Morgan fingerprint density at radius 1 is 1.06 bits per heavy atom. The van der Waals surface area contributed by atoms with Gasteiger partial charge < -0.3 is 9.64 Å². The van der Waals surface area contributed by atoms with Gasteiger partial charge in [0.15, 0.2) is 6.10 Å². The number of thiophene rings is 1. The predicted octanol–water partition coefficient (Wildman–Crippen LogP) is 3.68. The summed E-state index contributed by atoms with van der Waals surface area (Å²) < 4.78 is 32.6. The van der Waals surface area contributed by atoms with Crippen molar-refractivity contribution in [2.24, 2.45) is 0 Å². The van der Waals surface area contributed by atoms with Crippen molar-refractivity contribution in [2.45, 2.75) is 23.7 Å². The highest BCUT2D eigenvalue weighted by molar-refractivity contribution is 7.94. The van der Waals surface area contributed by atoms with Gasteiger partial charge in [-0.2, -0.15) is 0 Å². The lowest BCUT2D eigenvalue weighted by Gasteiger charge is -2.21. The quantitative estimate of drug-likeness (QED) is 0.571. The smallest absolute Gasteiger partial charge is 0.338 e. The number of benzene rings is 2. The number of sulfonamides is 1. The minimum atomic E-state index is -3.67. The molecule has 160 valence electrons. The summed E-state index contributed by atoms with van der Waals surface area (Å²) in [6, 6.07) is 16.7. The Morgan fingerprint density at radius 3 is 2.52 bits per heavy atom. The molecule has 1 aliphatic heterocycles. The normalized spacial score (nSPS) is 14.0. The second kappa shape index (κ2) is 8.52. The van der Waals surface area contributed by atoms with E-state index in [9.17, 15) is 18.0 Å². The second-order valence-corrected chi connectivity index (χ2v) is 9.89. The van der Waals surface area contributed by atoms with E-state index < -0.39 is 22.1 Å². The highest BCUT2D eigenvalue weighted by atomic mass is 32.2. The molecular formula is C22H20N2O5S2. The first-order chi connectivity index (χ1) is 14.8. The maximum absolute atomic E-state index is 12.8. The molecule has 0 spiro atoms. The zero-order valence-corrected chi connectivity index (χ0v) is 18.3. The van der Waals surface area contributed by atoms with Crippen molar-refractivity contribution in [1.29, 1.82) is 0 Å². The number of hydrogen-bond donors (Lipinski definition) is 1. The number of carbonyl (C=O) groups is 2. The van der Waals surface area contributed by atoms with Crippen LogP contribution in [0.15, 0.2) is 70.3 Å². The molecule has 0 bridgehead atoms. The summed E-state index contributed by atoms with van der Waals surface area (Å²) >= 11 is 1.11. The van der Waals surface area contributed by atoms with E-state index in [1.807, 2.05) is 24.3 Å². The number of nitrogens with one attached hydrogen (secondary N) is 1. The molecule has 0 radical (unpaired) electrons. The zero-order chi connectivity index (χ0) is 22.0. The van der Waals surface area contributed by atoms with Gasteiger partial charge in [0.25, 0.3) is 15.9 Å². The summed E-state index contributed by atoms with van der Waals surface area (Å²) in [5, 5.41) is 1.68. The molecule has 3 aromatic rings. The van der Waals surface area contributed by atoms with Gasteiger partial charge in [0.05, 0.1) is 5.56 Å². The monoisotopic (exact) mass is 456 g/mol. The van der Waals surface area contributed by atoms with E-state index in [2.05, 4.69) is 4.72 Å². The minimum Gasteiger partial charge on any atom is -0.449 e. The van der Waals surface area contributed by atoms with Crippen LogP contribution in [-0.4, -0.2) is 32.9 Å². The van der Waals surface area contributed by atoms with Crippen molar-refractivity contribution >= 4 is 44.6 Å². The first-order valence-electron chi connectivity index (χ1n) is 9.62. The molecule has 4 rings (SSSR count). The highest BCUT2D eigenvalue weighted by Crippen LogP contribution is 2.28. The molecule has 1 atom stereocenters. The summed E-state index contributed by atoms with van der Waals surface area (Å²) in [4.78, 5) is 26.9. The predicted molar refractivity (Wildman–Crippen MR) is 119 cm³/mol. The zero-order valence-electron chi connectivity index (χ0n) is 16.6. The number of fused-ring (bicyclic) bond motifs is 1. The fourth-order valence-electron chi connectivity index (χ4n) is 3.36. The molecule has 0 fully saturated rings. The standard InChI is InChI=1S/C22H20N2O5S2/c1-15(21(25)24-13-12-16-5-2-3-6-19(16)24)29-22(26)17-8-10-18(11-9-17)23-31(27,28)20-7-4-14-30-20/h2-11,14-15,23H,12-13H2,1H3/t15-/m1/s1. The van der Waals surface area contributed by atoms with Crippen LogP contribution in [-0.2, 0) is 26.0 Å². The van der Waals surface area contributed by atoms with Crippen LogP contribution in [0, 0.1) is 0 Å². The van der Waals surface area contributed by atoms with E-state index in [0.29, 0.717) is 12.2 Å². The molecule has 1 amide bonds. The molecule has 9 heteroatoms. The third kappa shape index (κ3) is 4.47. The van der Waals surface area contributed by atoms with Crippen LogP contribution >= 0.6 is 11.3 Å². The summed E-state index contributed by atoms with van der Waals surface area (Å²) in [7, 11) is -3.67. The highest BCUT2D eigenvalue weighted by Gasteiger charge is 2.30. The van der Waals surface area contributed by atoms with Crippen LogP contribution in [0.3, 0.4) is 0 Å². The molecular weight excluding hydrogens is 436 g/mol. The van der Waals surface area contributed by atoms with E-state index in [4.69, 9.17) is 4.74 Å². The molecule has 7 nitrogen and oxygen atoms in total. The number of nitrogens with zero attached hydrogens (tertiary/aromatic N) is 1. The number of rotatable bonds is 6. The van der Waals surface area contributed by atoms with Crippen molar-refractivity contribution in [3.05, 3.63) is 77.2 Å². The summed E-state index contributed by atoms with van der Waals surface area (Å²) in [5.41, 5.74) is 2.48. The average molecular weight is 457 g/mol. The van der Waals surface area contributed by atoms with E-state index in [-0.39, 0.29) is 15.7 Å². The summed E-state index contributed by atoms with van der Waals surface area (Å²) in [6.45, 7) is 2.10. The van der Waals surface area contributed by atoms with E-state index in [1.54, 1.807) is 23.3 Å². The lowest BCUT2D eigenvalue weighted by Crippen LogP contribution is -2.39. The van der Waals surface area contributed by atoms with Gasteiger partial charge in [-0.15, -0.1) is 11.3 Å². The Hall–Kier alpha value is -3.17. The van der Waals surface area contributed by atoms with Gasteiger partial charge in [-0.25, -0.2) is 13.2 Å². The van der Waals surface area contributed by atoms with E-state index in [0.717, 1.165) is 29.0 Å². The van der Waals surface area contributed by atoms with Gasteiger partial charge in [0.1, 0.15) is 4.21 Å². The molecule has 0 unspecified atom stereocenters. The summed E-state index contributed by atoms with van der Waals surface area (Å²) in [5.74, 6) is -0.931. The maximum Gasteiger partial charge on any atom is 0.338 e. The molecule has 0 saturated heterocycles. The third-order valence-electron chi connectivity index (χ3n) is 4.92. The lowest BCUT2D eigenvalue weighted by molar-refractivity contribution is -0.126. The fraction of sp³-hybridized carbons (Fsp3) is 0.182. The lowest BCUT2D eigenvalue weighted by atomic mass is 10.2. The Morgan fingerprint density at radius 2 is 1.81 bits per heavy atom. The number of ether oxygens (including phenoxy) is 1. The second-order valence-electron chi connectivity index (χ2n) is 7.03. The summed E-state index contributed by atoms with van der Waals surface area (Å²) in [6.07, 6.45) is -0.179. The van der Waals surface area contributed by atoms with Gasteiger partial charge in [-0.05, 0) is 60.7 Å². The Bertz CT molecular complexity index is 1200. The van der Waals surface area contributed by atoms with Gasteiger partial charge >= 0.3 is 5.97 Å². The van der Waals surface area contributed by atoms with Crippen molar-refractivity contribution in [1.82, 2.24) is 0 Å². The van der Waals surface area contributed by atoms with Crippen molar-refractivity contribution in [3.8, 4) is 0 Å². The van der Waals surface area contributed by atoms with E-state index >= 15 is 0 Å². The number of para-hydroxylation sites is 1. The number of hydrogen-bond acceptors (Lipinski definition) is 6. The Balaban J connectivity index is 1.39. The van der Waals surface area contributed by atoms with Crippen molar-refractivity contribution in [2.75, 3.05) is 16.2 Å². The van der Waals surface area contributed by atoms with Crippen LogP contribution in [0.2, 0.25) is 0 Å². The number of anilines is 2. The molecule has 1 aliphatic rings. The van der Waals surface area contributed by atoms with Crippen LogP contribution in [0.5, 0.6) is 0 Å². The Labute approximate surface area is 184 Å². The van der Waals surface area contributed by atoms with Crippen LogP contribution in [0.1, 0.15) is 22.8 Å².